The number of aryl methyl sites for hydroxylation is 1. The van der Waals surface area contributed by atoms with E-state index in [0.717, 1.165) is 11.1 Å². The summed E-state index contributed by atoms with van der Waals surface area (Å²) in [6.45, 7) is 2.03. The minimum Gasteiger partial charge on any atom is -0.469 e. The summed E-state index contributed by atoms with van der Waals surface area (Å²) in [5.74, 6) is -0.972. The molecule has 0 bridgehead atoms. The zero-order valence-electron chi connectivity index (χ0n) is 15.1. The maximum Gasteiger partial charge on any atom is 0.319 e. The lowest BCUT2D eigenvalue weighted by molar-refractivity contribution is -0.384. The number of nitro groups is 1. The smallest absolute Gasteiger partial charge is 0.319 e. The van der Waals surface area contributed by atoms with Gasteiger partial charge in [-0.1, -0.05) is 35.9 Å². The zero-order chi connectivity index (χ0) is 19.8. The number of ether oxygens (including phenoxy) is 1. The van der Waals surface area contributed by atoms with Gasteiger partial charge in [-0.05, 0) is 25.0 Å². The first-order valence-electron chi connectivity index (χ1n) is 8.31. The normalized spacial score (nSPS) is 11.3. The molecule has 8 nitrogen and oxygen atoms in total. The summed E-state index contributed by atoms with van der Waals surface area (Å²) in [7, 11) is 1.30. The number of rotatable bonds is 7. The first kappa shape index (κ1) is 19.9. The second-order valence-corrected chi connectivity index (χ2v) is 6.06. The van der Waals surface area contributed by atoms with Gasteiger partial charge in [0.1, 0.15) is 0 Å². The van der Waals surface area contributed by atoms with E-state index in [-0.39, 0.29) is 17.9 Å². The molecule has 2 aromatic carbocycles. The molecule has 27 heavy (non-hydrogen) atoms. The third-order valence-corrected chi connectivity index (χ3v) is 3.92. The number of amides is 2. The Bertz CT molecular complexity index is 838. The van der Waals surface area contributed by atoms with Gasteiger partial charge < -0.3 is 15.4 Å². The Kier molecular flexibility index (Phi) is 6.87. The average Bonchev–Trinajstić information content (AvgIpc) is 2.64. The molecule has 0 fully saturated rings. The largest absolute Gasteiger partial charge is 0.469 e. The van der Waals surface area contributed by atoms with Gasteiger partial charge in [-0.15, -0.1) is 0 Å². The number of nitro benzene ring substituents is 1. The zero-order valence-corrected chi connectivity index (χ0v) is 15.1. The van der Waals surface area contributed by atoms with E-state index in [2.05, 4.69) is 10.6 Å². The minimum absolute atomic E-state index is 0.0708. The number of carbonyl (C=O) groups excluding carboxylic acids is 2. The van der Waals surface area contributed by atoms with Crippen LogP contribution in [0.3, 0.4) is 0 Å². The first-order valence-corrected chi connectivity index (χ1v) is 8.31. The van der Waals surface area contributed by atoms with E-state index in [1.54, 1.807) is 0 Å². The van der Waals surface area contributed by atoms with E-state index in [1.165, 1.54) is 31.4 Å². The minimum atomic E-state index is -0.561. The highest BCUT2D eigenvalue weighted by molar-refractivity contribution is 5.89. The molecular formula is C19H21N3O5. The number of anilines is 1. The fraction of sp³-hybridized carbons (Fsp3) is 0.263. The molecule has 0 aliphatic carbocycles. The molecule has 8 heteroatoms. The van der Waals surface area contributed by atoms with Crippen LogP contribution in [0.2, 0.25) is 0 Å². The molecule has 142 valence electrons. The van der Waals surface area contributed by atoms with Crippen molar-refractivity contribution in [3.05, 3.63) is 69.8 Å². The number of urea groups is 1. The summed E-state index contributed by atoms with van der Waals surface area (Å²) in [5, 5.41) is 15.9. The molecule has 1 unspecified atom stereocenters. The Morgan fingerprint density at radius 1 is 1.19 bits per heavy atom. The number of esters is 1. The Morgan fingerprint density at radius 2 is 1.93 bits per heavy atom. The number of nitrogens with one attached hydrogen (secondary N) is 2. The molecule has 2 amide bonds. The Balaban J connectivity index is 1.97. The van der Waals surface area contributed by atoms with Crippen LogP contribution >= 0.6 is 0 Å². The van der Waals surface area contributed by atoms with Crippen LogP contribution in [0.1, 0.15) is 11.1 Å². The highest BCUT2D eigenvalue weighted by atomic mass is 16.6. The van der Waals surface area contributed by atoms with Gasteiger partial charge in [0.2, 0.25) is 0 Å². The van der Waals surface area contributed by atoms with Crippen molar-refractivity contribution in [1.29, 1.82) is 0 Å². The molecule has 2 rings (SSSR count). The van der Waals surface area contributed by atoms with Crippen molar-refractivity contribution in [3.63, 3.8) is 0 Å². The molecule has 0 radical (unpaired) electrons. The van der Waals surface area contributed by atoms with Crippen molar-refractivity contribution < 1.29 is 19.2 Å². The summed E-state index contributed by atoms with van der Waals surface area (Å²) in [6, 6.07) is 12.8. The third-order valence-electron chi connectivity index (χ3n) is 3.92. The second kappa shape index (κ2) is 9.33. The number of benzene rings is 2. The number of nitrogens with zero attached hydrogens (tertiary/aromatic N) is 1. The SMILES string of the molecule is COC(=O)C(CNC(=O)Nc1cccc([N+](=O)[O-])c1)Cc1cccc(C)c1. The molecule has 0 heterocycles. The lowest BCUT2D eigenvalue weighted by Crippen LogP contribution is -2.37. The predicted molar refractivity (Wildman–Crippen MR) is 101 cm³/mol. The highest BCUT2D eigenvalue weighted by Gasteiger charge is 2.21. The monoisotopic (exact) mass is 371 g/mol. The van der Waals surface area contributed by atoms with E-state index in [9.17, 15) is 19.7 Å². The molecule has 0 saturated heterocycles. The number of non-ortho nitro benzene ring substituents is 1. The first-order chi connectivity index (χ1) is 12.9. The predicted octanol–water partition coefficient (Wildman–Crippen LogP) is 3.06. The van der Waals surface area contributed by atoms with Crippen molar-refractivity contribution in [2.75, 3.05) is 19.0 Å². The van der Waals surface area contributed by atoms with Crippen LogP contribution in [0, 0.1) is 23.0 Å². The quantitative estimate of drug-likeness (QED) is 0.441. The van der Waals surface area contributed by atoms with Crippen LogP contribution < -0.4 is 10.6 Å². The molecule has 0 aromatic heterocycles. The summed E-state index contributed by atoms with van der Waals surface area (Å²) >= 11 is 0. The van der Waals surface area contributed by atoms with Gasteiger partial charge in [-0.3, -0.25) is 14.9 Å². The number of hydrogen-bond donors (Lipinski definition) is 2. The molecule has 0 aliphatic heterocycles. The molecule has 0 spiro atoms. The lowest BCUT2D eigenvalue weighted by atomic mass is 9.98. The maximum atomic E-state index is 12.1. The van der Waals surface area contributed by atoms with Gasteiger partial charge >= 0.3 is 12.0 Å². The highest BCUT2D eigenvalue weighted by Crippen LogP contribution is 2.17. The second-order valence-electron chi connectivity index (χ2n) is 6.06. The van der Waals surface area contributed by atoms with Crippen molar-refractivity contribution in [3.8, 4) is 0 Å². The standard InChI is InChI=1S/C19H21N3O5/c1-13-5-3-6-14(9-13)10-15(18(23)27-2)12-20-19(24)21-16-7-4-8-17(11-16)22(25)26/h3-9,11,15H,10,12H2,1-2H3,(H2,20,21,24). The molecule has 0 aliphatic rings. The molecule has 0 saturated carbocycles. The summed E-state index contributed by atoms with van der Waals surface area (Å²) < 4.78 is 4.82. The number of methoxy groups -OCH3 is 1. The summed E-state index contributed by atoms with van der Waals surface area (Å²) in [5.41, 5.74) is 2.20. The van der Waals surface area contributed by atoms with Crippen LogP contribution in [0.4, 0.5) is 16.2 Å². The van der Waals surface area contributed by atoms with E-state index in [1.807, 2.05) is 31.2 Å². The van der Waals surface area contributed by atoms with Gasteiger partial charge in [-0.2, -0.15) is 0 Å². The van der Waals surface area contributed by atoms with Crippen LogP contribution in [0.5, 0.6) is 0 Å². The van der Waals surface area contributed by atoms with E-state index >= 15 is 0 Å². The molecule has 1 atom stereocenters. The van der Waals surface area contributed by atoms with Gasteiger partial charge in [0.25, 0.3) is 5.69 Å². The summed E-state index contributed by atoms with van der Waals surface area (Å²) in [4.78, 5) is 34.3. The Labute approximate surface area is 156 Å². The molecule has 2 aromatic rings. The van der Waals surface area contributed by atoms with Crippen molar-refractivity contribution in [1.82, 2.24) is 5.32 Å². The van der Waals surface area contributed by atoms with Crippen LogP contribution in [0.15, 0.2) is 48.5 Å². The van der Waals surface area contributed by atoms with Crippen LogP contribution in [-0.2, 0) is 16.0 Å². The fourth-order valence-electron chi connectivity index (χ4n) is 2.62. The number of carbonyl (C=O) groups is 2. The van der Waals surface area contributed by atoms with Gasteiger partial charge in [-0.25, -0.2) is 4.79 Å². The van der Waals surface area contributed by atoms with Crippen LogP contribution in [0.25, 0.3) is 0 Å². The van der Waals surface area contributed by atoms with E-state index in [0.29, 0.717) is 6.42 Å². The molecule has 2 N–H and O–H groups in total. The van der Waals surface area contributed by atoms with Crippen molar-refractivity contribution >= 4 is 23.4 Å². The third kappa shape index (κ3) is 6.10. The van der Waals surface area contributed by atoms with Crippen molar-refractivity contribution in [2.45, 2.75) is 13.3 Å². The van der Waals surface area contributed by atoms with Gasteiger partial charge in [0, 0.05) is 24.4 Å². The average molecular weight is 371 g/mol. The fourth-order valence-corrected chi connectivity index (χ4v) is 2.62. The van der Waals surface area contributed by atoms with Crippen molar-refractivity contribution in [2.24, 2.45) is 5.92 Å². The molecular weight excluding hydrogens is 350 g/mol. The van der Waals surface area contributed by atoms with Crippen LogP contribution in [-0.4, -0.2) is 30.6 Å². The Morgan fingerprint density at radius 3 is 2.59 bits per heavy atom. The Hall–Kier alpha value is -3.42. The lowest BCUT2D eigenvalue weighted by Gasteiger charge is -2.16. The maximum absolute atomic E-state index is 12.1. The summed E-state index contributed by atoms with van der Waals surface area (Å²) in [6.07, 6.45) is 0.422. The van der Waals surface area contributed by atoms with Gasteiger partial charge in [0.15, 0.2) is 0 Å². The van der Waals surface area contributed by atoms with E-state index < -0.39 is 22.8 Å². The van der Waals surface area contributed by atoms with E-state index in [4.69, 9.17) is 4.74 Å². The topological polar surface area (TPSA) is 111 Å². The number of hydrogen-bond acceptors (Lipinski definition) is 5. The van der Waals surface area contributed by atoms with Gasteiger partial charge in [0.05, 0.1) is 18.0 Å².